The minimum Gasteiger partial charge on any atom is -0.325 e. The molecular weight excluding hydrogens is 430 g/mol. The molecule has 0 bridgehead atoms. The Hall–Kier alpha value is -3.38. The Morgan fingerprint density at radius 2 is 1.55 bits per heavy atom. The third-order valence-corrected chi connectivity index (χ3v) is 6.68. The molecule has 0 radical (unpaired) electrons. The van der Waals surface area contributed by atoms with E-state index in [0.717, 1.165) is 24.2 Å². The number of carbonyl (C=O) groups is 1. The number of benzene rings is 3. The van der Waals surface area contributed by atoms with Gasteiger partial charge in [-0.1, -0.05) is 62.0 Å². The Balaban J connectivity index is 1.67. The number of aryl methyl sites for hydroxylation is 2. The largest absolute Gasteiger partial charge is 0.325 e. The molecule has 0 saturated heterocycles. The van der Waals surface area contributed by atoms with E-state index in [0.29, 0.717) is 16.1 Å². The summed E-state index contributed by atoms with van der Waals surface area (Å²) in [4.78, 5) is 31.1. The van der Waals surface area contributed by atoms with Gasteiger partial charge in [0.15, 0.2) is 5.16 Å². The minimum absolute atomic E-state index is 0.139. The van der Waals surface area contributed by atoms with Gasteiger partial charge in [0.25, 0.3) is 5.56 Å². The maximum atomic E-state index is 13.4. The fourth-order valence-corrected chi connectivity index (χ4v) is 4.51. The van der Waals surface area contributed by atoms with E-state index in [9.17, 15) is 9.59 Å². The van der Waals surface area contributed by atoms with Gasteiger partial charge in [-0.15, -0.1) is 0 Å². The Morgan fingerprint density at radius 3 is 2.18 bits per heavy atom. The van der Waals surface area contributed by atoms with Gasteiger partial charge in [0, 0.05) is 5.69 Å². The standard InChI is InChI=1S/C27H27N3O2S/c1-4-19-10-14-21(15-11-19)28-25(31)18(3)33-27-29-24-9-7-6-8-23(24)26(32)30(27)22-16-12-20(5-2)13-17-22/h6-18H,4-5H2,1-3H3,(H,28,31). The van der Waals surface area contributed by atoms with Crippen LogP contribution in [0.2, 0.25) is 0 Å². The molecular formula is C27H27N3O2S. The molecule has 168 valence electrons. The number of rotatable bonds is 7. The maximum absolute atomic E-state index is 13.4. The van der Waals surface area contributed by atoms with Gasteiger partial charge < -0.3 is 5.32 Å². The van der Waals surface area contributed by atoms with Gasteiger partial charge in [0.1, 0.15) is 0 Å². The van der Waals surface area contributed by atoms with Crippen molar-refractivity contribution in [3.8, 4) is 5.69 Å². The molecule has 1 aromatic heterocycles. The fourth-order valence-electron chi connectivity index (χ4n) is 3.58. The van der Waals surface area contributed by atoms with Crippen LogP contribution in [-0.2, 0) is 17.6 Å². The van der Waals surface area contributed by atoms with Crippen LogP contribution in [0.1, 0.15) is 31.9 Å². The lowest BCUT2D eigenvalue weighted by atomic mass is 10.1. The molecule has 1 heterocycles. The highest BCUT2D eigenvalue weighted by Crippen LogP contribution is 2.26. The first kappa shape index (κ1) is 22.8. The number of hydrogen-bond donors (Lipinski definition) is 1. The van der Waals surface area contributed by atoms with E-state index in [1.807, 2.05) is 73.7 Å². The molecule has 3 aromatic carbocycles. The molecule has 1 atom stereocenters. The second kappa shape index (κ2) is 10.0. The monoisotopic (exact) mass is 457 g/mol. The Bertz CT molecular complexity index is 1330. The zero-order valence-electron chi connectivity index (χ0n) is 19.0. The summed E-state index contributed by atoms with van der Waals surface area (Å²) in [6, 6.07) is 23.0. The zero-order valence-corrected chi connectivity index (χ0v) is 19.9. The van der Waals surface area contributed by atoms with E-state index in [4.69, 9.17) is 4.98 Å². The average Bonchev–Trinajstić information content (AvgIpc) is 2.85. The van der Waals surface area contributed by atoms with Crippen molar-refractivity contribution >= 4 is 34.3 Å². The molecule has 4 rings (SSSR count). The number of nitrogens with zero attached hydrogens (tertiary/aromatic N) is 2. The molecule has 0 aliphatic carbocycles. The van der Waals surface area contributed by atoms with Gasteiger partial charge in [0.05, 0.1) is 21.8 Å². The molecule has 0 aliphatic rings. The van der Waals surface area contributed by atoms with E-state index >= 15 is 0 Å². The van der Waals surface area contributed by atoms with Crippen LogP contribution in [0.5, 0.6) is 0 Å². The number of fused-ring (bicyclic) bond motifs is 1. The molecule has 0 spiro atoms. The van der Waals surface area contributed by atoms with Crippen LogP contribution in [-0.4, -0.2) is 20.7 Å². The predicted octanol–water partition coefficient (Wildman–Crippen LogP) is 5.63. The smallest absolute Gasteiger partial charge is 0.266 e. The Kier molecular flexibility index (Phi) is 6.94. The van der Waals surface area contributed by atoms with Crippen molar-refractivity contribution < 1.29 is 4.79 Å². The first-order valence-corrected chi connectivity index (χ1v) is 12.1. The minimum atomic E-state index is -0.454. The van der Waals surface area contributed by atoms with Crippen molar-refractivity contribution in [2.24, 2.45) is 0 Å². The van der Waals surface area contributed by atoms with Crippen LogP contribution in [0.4, 0.5) is 5.69 Å². The van der Waals surface area contributed by atoms with Gasteiger partial charge in [-0.25, -0.2) is 4.98 Å². The van der Waals surface area contributed by atoms with E-state index in [1.54, 1.807) is 10.6 Å². The highest BCUT2D eigenvalue weighted by atomic mass is 32.2. The summed E-state index contributed by atoms with van der Waals surface area (Å²) in [5.74, 6) is -0.139. The van der Waals surface area contributed by atoms with Crippen molar-refractivity contribution in [3.63, 3.8) is 0 Å². The van der Waals surface area contributed by atoms with E-state index in [-0.39, 0.29) is 11.5 Å². The molecule has 5 nitrogen and oxygen atoms in total. The zero-order chi connectivity index (χ0) is 23.4. The molecule has 6 heteroatoms. The highest BCUT2D eigenvalue weighted by Gasteiger charge is 2.20. The van der Waals surface area contributed by atoms with Crippen molar-refractivity contribution in [2.45, 2.75) is 44.0 Å². The van der Waals surface area contributed by atoms with Crippen molar-refractivity contribution in [3.05, 3.63) is 94.3 Å². The van der Waals surface area contributed by atoms with Crippen LogP contribution in [0.15, 0.2) is 82.7 Å². The predicted molar refractivity (Wildman–Crippen MR) is 136 cm³/mol. The van der Waals surface area contributed by atoms with Crippen LogP contribution in [0.25, 0.3) is 16.6 Å². The summed E-state index contributed by atoms with van der Waals surface area (Å²) >= 11 is 1.28. The molecule has 0 aliphatic heterocycles. The number of anilines is 1. The number of hydrogen-bond acceptors (Lipinski definition) is 4. The maximum Gasteiger partial charge on any atom is 0.266 e. The quantitative estimate of drug-likeness (QED) is 0.289. The number of para-hydroxylation sites is 1. The Morgan fingerprint density at radius 1 is 0.939 bits per heavy atom. The van der Waals surface area contributed by atoms with Crippen LogP contribution in [0.3, 0.4) is 0 Å². The third-order valence-electron chi connectivity index (χ3n) is 5.63. The summed E-state index contributed by atoms with van der Waals surface area (Å²) in [5, 5.41) is 3.55. The number of nitrogens with one attached hydrogen (secondary N) is 1. The molecule has 4 aromatic rings. The first-order valence-electron chi connectivity index (χ1n) is 11.2. The van der Waals surface area contributed by atoms with Gasteiger partial charge in [-0.2, -0.15) is 0 Å². The summed E-state index contributed by atoms with van der Waals surface area (Å²) in [5.41, 5.74) is 4.37. The summed E-state index contributed by atoms with van der Waals surface area (Å²) in [6.45, 7) is 6.01. The van der Waals surface area contributed by atoms with E-state index in [2.05, 4.69) is 19.2 Å². The highest BCUT2D eigenvalue weighted by molar-refractivity contribution is 8.00. The molecule has 1 amide bonds. The lowest BCUT2D eigenvalue weighted by Gasteiger charge is -2.17. The topological polar surface area (TPSA) is 64.0 Å². The van der Waals surface area contributed by atoms with Crippen molar-refractivity contribution in [1.82, 2.24) is 9.55 Å². The molecule has 33 heavy (non-hydrogen) atoms. The summed E-state index contributed by atoms with van der Waals surface area (Å²) in [7, 11) is 0. The lowest BCUT2D eigenvalue weighted by Crippen LogP contribution is -2.26. The second-order valence-electron chi connectivity index (χ2n) is 7.87. The molecule has 0 fully saturated rings. The SMILES string of the molecule is CCc1ccc(NC(=O)C(C)Sc2nc3ccccc3c(=O)n2-c2ccc(CC)cc2)cc1. The second-order valence-corrected chi connectivity index (χ2v) is 9.18. The van der Waals surface area contributed by atoms with Crippen LogP contribution >= 0.6 is 11.8 Å². The molecule has 1 unspecified atom stereocenters. The summed E-state index contributed by atoms with van der Waals surface area (Å²) < 4.78 is 1.60. The van der Waals surface area contributed by atoms with Gasteiger partial charge >= 0.3 is 0 Å². The van der Waals surface area contributed by atoms with Gasteiger partial charge in [0.2, 0.25) is 5.91 Å². The summed E-state index contributed by atoms with van der Waals surface area (Å²) in [6.07, 6.45) is 1.87. The molecule has 0 saturated carbocycles. The average molecular weight is 458 g/mol. The van der Waals surface area contributed by atoms with Gasteiger partial charge in [-0.3, -0.25) is 14.2 Å². The number of carbonyl (C=O) groups excluding carboxylic acids is 1. The number of aromatic nitrogens is 2. The van der Waals surface area contributed by atoms with E-state index < -0.39 is 5.25 Å². The lowest BCUT2D eigenvalue weighted by molar-refractivity contribution is -0.115. The van der Waals surface area contributed by atoms with Crippen molar-refractivity contribution in [2.75, 3.05) is 5.32 Å². The third kappa shape index (κ3) is 5.01. The number of thioether (sulfide) groups is 1. The van der Waals surface area contributed by atoms with E-state index in [1.165, 1.54) is 22.9 Å². The Labute approximate surface area is 197 Å². The fraction of sp³-hybridized carbons (Fsp3) is 0.222. The van der Waals surface area contributed by atoms with Crippen LogP contribution in [0, 0.1) is 0 Å². The van der Waals surface area contributed by atoms with Crippen LogP contribution < -0.4 is 10.9 Å². The first-order chi connectivity index (χ1) is 16.0. The van der Waals surface area contributed by atoms with Gasteiger partial charge in [-0.05, 0) is 67.3 Å². The normalized spacial score (nSPS) is 12.0. The number of amides is 1. The molecule has 1 N–H and O–H groups in total. The van der Waals surface area contributed by atoms with Crippen molar-refractivity contribution in [1.29, 1.82) is 0 Å².